The number of alkyl halides is 2. The maximum Gasteiger partial charge on any atom is 0.303 e. The van der Waals surface area contributed by atoms with Crippen LogP contribution in [-0.4, -0.2) is 45.1 Å². The van der Waals surface area contributed by atoms with Crippen LogP contribution in [-0.2, 0) is 5.92 Å². The van der Waals surface area contributed by atoms with E-state index in [4.69, 9.17) is 9.47 Å². The van der Waals surface area contributed by atoms with Crippen molar-refractivity contribution in [1.29, 1.82) is 0 Å². The van der Waals surface area contributed by atoms with Gasteiger partial charge in [-0.3, -0.25) is 0 Å². The number of aliphatic hydroxyl groups is 2. The van der Waals surface area contributed by atoms with Gasteiger partial charge in [-0.05, 0) is 53.7 Å². The van der Waals surface area contributed by atoms with Crippen LogP contribution in [0.4, 0.5) is 19.0 Å². The van der Waals surface area contributed by atoms with Crippen molar-refractivity contribution in [2.75, 3.05) is 19.0 Å². The van der Waals surface area contributed by atoms with E-state index in [9.17, 15) is 19.0 Å². The number of aromatic nitrogens is 2. The molecule has 10 heteroatoms. The SMILES string of the molecule is COc1cc2nc(C)nc(N[C@H](C)c3cccc(C(F)(F)C(C)(C)O)c3F)c2cc1OCC(C)(C)O. The van der Waals surface area contributed by atoms with Crippen molar-refractivity contribution < 1.29 is 32.9 Å². The van der Waals surface area contributed by atoms with Crippen molar-refractivity contribution in [1.82, 2.24) is 9.97 Å². The molecule has 0 aliphatic carbocycles. The summed E-state index contributed by atoms with van der Waals surface area (Å²) in [6.45, 7) is 8.37. The Hall–Kier alpha value is -3.11. The first kappa shape index (κ1) is 27.5. The van der Waals surface area contributed by atoms with Gasteiger partial charge in [0.25, 0.3) is 0 Å². The molecule has 0 fully saturated rings. The predicted molar refractivity (Wildman–Crippen MR) is 131 cm³/mol. The Bertz CT molecular complexity index is 1250. The van der Waals surface area contributed by atoms with E-state index in [2.05, 4.69) is 15.3 Å². The third-order valence-electron chi connectivity index (χ3n) is 5.63. The van der Waals surface area contributed by atoms with Gasteiger partial charge in [0.05, 0.1) is 29.8 Å². The molecule has 36 heavy (non-hydrogen) atoms. The minimum Gasteiger partial charge on any atom is -0.493 e. The van der Waals surface area contributed by atoms with Crippen molar-refractivity contribution in [3.8, 4) is 11.5 Å². The molecule has 196 valence electrons. The molecule has 0 radical (unpaired) electrons. The second-order valence-corrected chi connectivity index (χ2v) is 9.95. The number of hydrogen-bond acceptors (Lipinski definition) is 7. The maximum atomic E-state index is 15.3. The molecule has 2 aromatic carbocycles. The first-order valence-corrected chi connectivity index (χ1v) is 11.4. The highest BCUT2D eigenvalue weighted by atomic mass is 19.3. The number of aryl methyl sites for hydroxylation is 1. The normalized spacial score (nSPS) is 13.6. The Morgan fingerprint density at radius 1 is 1.06 bits per heavy atom. The Kier molecular flexibility index (Phi) is 7.44. The number of nitrogens with one attached hydrogen (secondary N) is 1. The van der Waals surface area contributed by atoms with Crippen LogP contribution < -0.4 is 14.8 Å². The van der Waals surface area contributed by atoms with Crippen molar-refractivity contribution in [2.45, 2.75) is 64.7 Å². The van der Waals surface area contributed by atoms with Gasteiger partial charge in [0.1, 0.15) is 29.7 Å². The van der Waals surface area contributed by atoms with Crippen LogP contribution in [0.3, 0.4) is 0 Å². The number of halogens is 3. The molecule has 0 spiro atoms. The second-order valence-electron chi connectivity index (χ2n) is 9.95. The lowest BCUT2D eigenvalue weighted by Crippen LogP contribution is -2.41. The quantitative estimate of drug-likeness (QED) is 0.363. The Morgan fingerprint density at radius 2 is 1.72 bits per heavy atom. The smallest absolute Gasteiger partial charge is 0.303 e. The zero-order valence-corrected chi connectivity index (χ0v) is 21.4. The highest BCUT2D eigenvalue weighted by molar-refractivity contribution is 5.92. The molecule has 1 heterocycles. The van der Waals surface area contributed by atoms with Crippen LogP contribution in [0.25, 0.3) is 10.9 Å². The van der Waals surface area contributed by atoms with E-state index >= 15 is 4.39 Å². The fourth-order valence-electron chi connectivity index (χ4n) is 3.63. The van der Waals surface area contributed by atoms with Crippen LogP contribution in [0.15, 0.2) is 30.3 Å². The van der Waals surface area contributed by atoms with Gasteiger partial charge in [0.2, 0.25) is 0 Å². The molecule has 0 bridgehead atoms. The number of anilines is 1. The Labute approximate surface area is 208 Å². The van der Waals surface area contributed by atoms with E-state index in [1.54, 1.807) is 39.8 Å². The van der Waals surface area contributed by atoms with Gasteiger partial charge >= 0.3 is 5.92 Å². The van der Waals surface area contributed by atoms with Crippen LogP contribution >= 0.6 is 0 Å². The molecule has 1 atom stereocenters. The molecule has 1 aromatic heterocycles. The molecule has 0 aliphatic rings. The van der Waals surface area contributed by atoms with Gasteiger partial charge < -0.3 is 25.0 Å². The van der Waals surface area contributed by atoms with Crippen LogP contribution in [0.5, 0.6) is 11.5 Å². The van der Waals surface area contributed by atoms with E-state index < -0.39 is 34.5 Å². The van der Waals surface area contributed by atoms with E-state index in [1.807, 2.05) is 0 Å². The average Bonchev–Trinajstić information content (AvgIpc) is 2.75. The monoisotopic (exact) mass is 507 g/mol. The average molecular weight is 508 g/mol. The molecule has 0 amide bonds. The van der Waals surface area contributed by atoms with E-state index in [1.165, 1.54) is 19.2 Å². The Balaban J connectivity index is 2.05. The van der Waals surface area contributed by atoms with Crippen LogP contribution in [0.2, 0.25) is 0 Å². The third-order valence-corrected chi connectivity index (χ3v) is 5.63. The molecular formula is C26H32F3N3O4. The zero-order chi connectivity index (χ0) is 27.1. The fraction of sp³-hybridized carbons (Fsp3) is 0.462. The van der Waals surface area contributed by atoms with Crippen molar-refractivity contribution in [3.63, 3.8) is 0 Å². The maximum absolute atomic E-state index is 15.3. The lowest BCUT2D eigenvalue weighted by atomic mass is 9.91. The molecule has 0 saturated heterocycles. The van der Waals surface area contributed by atoms with Crippen molar-refractivity contribution >= 4 is 16.7 Å². The number of ether oxygens (including phenoxy) is 2. The minimum atomic E-state index is -3.81. The molecule has 0 aliphatic heterocycles. The fourth-order valence-corrected chi connectivity index (χ4v) is 3.63. The number of nitrogens with zero attached hydrogens (tertiary/aromatic N) is 2. The summed E-state index contributed by atoms with van der Waals surface area (Å²) in [6, 6.07) is 6.21. The summed E-state index contributed by atoms with van der Waals surface area (Å²) in [5, 5.41) is 23.6. The van der Waals surface area contributed by atoms with Gasteiger partial charge in [-0.15, -0.1) is 0 Å². The molecule has 0 saturated carbocycles. The molecule has 3 N–H and O–H groups in total. The molecule has 3 rings (SSSR count). The summed E-state index contributed by atoms with van der Waals surface area (Å²) >= 11 is 0. The van der Waals surface area contributed by atoms with Gasteiger partial charge in [0.15, 0.2) is 11.5 Å². The molecule has 7 nitrogen and oxygen atoms in total. The van der Waals surface area contributed by atoms with Crippen molar-refractivity contribution in [2.24, 2.45) is 0 Å². The summed E-state index contributed by atoms with van der Waals surface area (Å²) in [5.41, 5.74) is -3.94. The standard InChI is InChI=1S/C26H32F3N3O4/c1-14(16-9-8-10-18(22(16)27)26(28,29)25(5,6)34)30-23-17-11-21(36-13-24(3,4)33)20(35-7)12-19(17)31-15(2)32-23/h8-12,14,33-34H,13H2,1-7H3,(H,30,31,32)/t14-/m1/s1. The third kappa shape index (κ3) is 5.65. The number of rotatable bonds is 9. The first-order chi connectivity index (χ1) is 16.5. The predicted octanol–water partition coefficient (Wildman–Crippen LogP) is 5.27. The van der Waals surface area contributed by atoms with Gasteiger partial charge in [-0.2, -0.15) is 8.78 Å². The van der Waals surface area contributed by atoms with Gasteiger partial charge in [0, 0.05) is 17.0 Å². The van der Waals surface area contributed by atoms with E-state index in [-0.39, 0.29) is 12.2 Å². The number of hydrogen-bond donors (Lipinski definition) is 3. The van der Waals surface area contributed by atoms with E-state index in [0.717, 1.165) is 19.9 Å². The topological polar surface area (TPSA) is 96.7 Å². The van der Waals surface area contributed by atoms with Crippen LogP contribution in [0.1, 0.15) is 57.6 Å². The highest BCUT2D eigenvalue weighted by Gasteiger charge is 2.49. The summed E-state index contributed by atoms with van der Waals surface area (Å²) in [4.78, 5) is 8.86. The van der Waals surface area contributed by atoms with Gasteiger partial charge in [-0.25, -0.2) is 14.4 Å². The molecule has 3 aromatic rings. The summed E-state index contributed by atoms with van der Waals surface area (Å²) in [5.74, 6) is -3.43. The molecule has 0 unspecified atom stereocenters. The summed E-state index contributed by atoms with van der Waals surface area (Å²) < 4.78 is 56.0. The summed E-state index contributed by atoms with van der Waals surface area (Å²) in [7, 11) is 1.48. The zero-order valence-electron chi connectivity index (χ0n) is 21.4. The van der Waals surface area contributed by atoms with Crippen molar-refractivity contribution in [3.05, 3.63) is 53.1 Å². The molecular weight excluding hydrogens is 475 g/mol. The largest absolute Gasteiger partial charge is 0.493 e. The number of fused-ring (bicyclic) bond motifs is 1. The first-order valence-electron chi connectivity index (χ1n) is 11.4. The number of benzene rings is 2. The number of methoxy groups -OCH3 is 1. The highest BCUT2D eigenvalue weighted by Crippen LogP contribution is 2.42. The Morgan fingerprint density at radius 3 is 2.31 bits per heavy atom. The van der Waals surface area contributed by atoms with Gasteiger partial charge in [-0.1, -0.05) is 12.1 Å². The lowest BCUT2D eigenvalue weighted by Gasteiger charge is -2.30. The van der Waals surface area contributed by atoms with E-state index in [0.29, 0.717) is 34.0 Å². The van der Waals surface area contributed by atoms with Crippen LogP contribution in [0, 0.1) is 12.7 Å². The summed E-state index contributed by atoms with van der Waals surface area (Å²) in [6.07, 6.45) is 0. The lowest BCUT2D eigenvalue weighted by molar-refractivity contribution is -0.170. The minimum absolute atomic E-state index is 0.00578. The second kappa shape index (κ2) is 9.74.